The van der Waals surface area contributed by atoms with Crippen LogP contribution in [-0.2, 0) is 24.3 Å². The van der Waals surface area contributed by atoms with E-state index in [1.807, 2.05) is 104 Å². The maximum absolute atomic E-state index is 11.3. The van der Waals surface area contributed by atoms with E-state index in [0.717, 1.165) is 31.9 Å². The van der Waals surface area contributed by atoms with Crippen LogP contribution in [0.4, 0.5) is 39.5 Å². The van der Waals surface area contributed by atoms with Crippen LogP contribution in [0.5, 0.6) is 0 Å². The van der Waals surface area contributed by atoms with Crippen LogP contribution >= 0.6 is 32.9 Å². The molecule has 8 nitrogen and oxygen atoms in total. The van der Waals surface area contributed by atoms with Crippen LogP contribution in [0.25, 0.3) is 0 Å². The average molecular weight is 1220 g/mol. The molecule has 2 N–H and O–H groups in total. The molecule has 0 saturated heterocycles. The number of terminal acetylenes is 2. The summed E-state index contributed by atoms with van der Waals surface area (Å²) in [5.74, 6) is 6.88. The van der Waals surface area contributed by atoms with Gasteiger partial charge in [0.05, 0.1) is 14.2 Å². The van der Waals surface area contributed by atoms with Crippen LogP contribution in [-0.4, -0.2) is 56.9 Å². The number of hydrogen-bond donors (Lipinski definition) is 1. The van der Waals surface area contributed by atoms with Gasteiger partial charge in [0.25, 0.3) is 6.47 Å². The number of halogens is 11. The van der Waals surface area contributed by atoms with Gasteiger partial charge in [-0.3, -0.25) is 4.79 Å². The number of unbranched alkanes of at least 4 members (excludes halogenated alkanes) is 1. The molecule has 0 fully saturated rings. The Morgan fingerprint density at radius 3 is 0.812 bits per heavy atom. The summed E-state index contributed by atoms with van der Waals surface area (Å²) in [6, 6.07) is 0. The summed E-state index contributed by atoms with van der Waals surface area (Å²) in [5, 5.41) is 18.1. The molecule has 0 aliphatic carbocycles. The molecular weight excluding hydrogens is 1130 g/mol. The summed E-state index contributed by atoms with van der Waals surface area (Å²) in [6.45, 7) is 44.3. The van der Waals surface area contributed by atoms with E-state index in [9.17, 15) is 39.5 Å². The molecule has 0 atom stereocenters. The van der Waals surface area contributed by atoms with Crippen molar-refractivity contribution < 1.29 is 263 Å². The monoisotopic (exact) mass is 1220 g/mol. The van der Waals surface area contributed by atoms with Crippen LogP contribution in [0.3, 0.4) is 0 Å². The van der Waals surface area contributed by atoms with E-state index in [1.165, 1.54) is 27.6 Å². The fourth-order valence-electron chi connectivity index (χ4n) is 0. The minimum Gasteiger partial charge on any atom is -1.00 e. The van der Waals surface area contributed by atoms with Crippen molar-refractivity contribution >= 4 is 54.1 Å². The zero-order valence-corrected chi connectivity index (χ0v) is 62.3. The molecule has 0 aromatic carbocycles. The molecule has 0 bridgehead atoms. The van der Waals surface area contributed by atoms with Crippen molar-refractivity contribution in [1.82, 2.24) is 0 Å². The predicted molar refractivity (Wildman–Crippen MR) is 268 cm³/mol. The molecule has 0 saturated carbocycles. The minimum atomic E-state index is -2.91. The molecule has 401 valence electrons. The second-order valence-electron chi connectivity index (χ2n) is 6.76. The van der Waals surface area contributed by atoms with E-state index < -0.39 is 41.3 Å². The van der Waals surface area contributed by atoms with Gasteiger partial charge in [0, 0.05) is 13.7 Å². The summed E-state index contributed by atoms with van der Waals surface area (Å²) in [6.07, 6.45) is 4.38. The Bertz CT molecular complexity index is 833. The van der Waals surface area contributed by atoms with Crippen molar-refractivity contribution in [1.29, 1.82) is 0 Å². The molecule has 0 aliphatic rings. The van der Waals surface area contributed by atoms with Gasteiger partial charge >= 0.3 is 199 Å². The molecule has 0 aromatic heterocycles. The molecule has 0 aromatic rings. The summed E-state index contributed by atoms with van der Waals surface area (Å²) in [7, 11) is 2.92. The van der Waals surface area contributed by atoms with E-state index in [2.05, 4.69) is 74.5 Å². The van der Waals surface area contributed by atoms with E-state index in [0.29, 0.717) is 6.92 Å². The van der Waals surface area contributed by atoms with Crippen LogP contribution in [0, 0.1) is 43.5 Å². The fraction of sp³-hybridized carbons (Fsp3) is 0.659. The summed E-state index contributed by atoms with van der Waals surface area (Å²) >= 11 is 3.15. The number of allylic oxidation sites excluding steroid dienone is 3. The summed E-state index contributed by atoms with van der Waals surface area (Å²) < 4.78 is 96.1. The van der Waals surface area contributed by atoms with Gasteiger partial charge in [-0.25, -0.2) is 22.9 Å². The third kappa shape index (κ3) is 695. The molecule has 69 heavy (non-hydrogen) atoms. The first-order chi connectivity index (χ1) is 28.4. The van der Waals surface area contributed by atoms with E-state index in [-0.39, 0.29) is 221 Å². The zero-order chi connectivity index (χ0) is 54.4. The maximum Gasteiger partial charge on any atom is 1.00 e. The standard InChI is InChI=1S/C5H8O.C4H6F2.C4H9.C4H6.C3H3F3.C3H4.C2H5Br.C2F4.C2H6O2.C2H4O.6C2H6.CH2O3.B.BrH.2K.Li.2Na.H2O.2H/c1-4-5(2,3)6;1-3(5)4(2)6;2*1-3-4-2;1-2(4)3(5)6;1-3-2;1-2-3;3-1(4)2(5)6;1-3-4-2;1-2-3;6*1-2;2-1-4-3;;;;;;;;;;/h1,6H,2-3H3;1-2H3;1,3-4H2,2H3;1-2H3;1H3;1H,2H3;2H2,1H3;;1-2H3;2H,1H3;6*1-2H3;1,3H;;1H;;;;;;1H2;;/q;;-1;;;;;;;;;;;;;;;;;5*+1;;2*-1/p-2/b;4-3+;;;;;;;;;;;;;;;;;;;;;;;;;. The fourth-order valence-corrected chi connectivity index (χ4v) is 0. The average Bonchev–Trinajstić information content (AvgIpc) is 3.26. The van der Waals surface area contributed by atoms with Gasteiger partial charge in [0.2, 0.25) is 0 Å². The number of hydrogen-bond acceptors (Lipinski definition) is 8. The third-order valence-corrected chi connectivity index (χ3v) is 2.04. The van der Waals surface area contributed by atoms with Crippen molar-refractivity contribution in [3.63, 3.8) is 0 Å². The Labute approximate surface area is 584 Å². The molecule has 3 radical (unpaired) electrons. The van der Waals surface area contributed by atoms with E-state index >= 15 is 0 Å². The summed E-state index contributed by atoms with van der Waals surface area (Å²) in [5.41, 5.74) is -0.931. The van der Waals surface area contributed by atoms with Crippen LogP contribution in [0.15, 0.2) is 35.7 Å². The normalized spacial score (nSPS) is 5.97. The SMILES string of the molecule is Br.C#CC.C#CC(C)(C)O.C/C(F)=C(/C)F.CC.CC.CC.CC.CC.CC.CC#CC.CC(F)=C(F)F.CC=O.CCBr.COOC.FC(F)=C(F)F.O=CO[O-].[B].[CH2-]CCC.[H-].[H-].[K+].[K+].[Li+].[Na+].[Na+].[OH-]. The van der Waals surface area contributed by atoms with Gasteiger partial charge in [0.1, 0.15) is 23.5 Å². The van der Waals surface area contributed by atoms with Crippen LogP contribution < -0.4 is 186 Å². The second-order valence-corrected chi connectivity index (χ2v) is 7.88. The smallest absolute Gasteiger partial charge is 1.00 e. The van der Waals surface area contributed by atoms with Gasteiger partial charge in [0.15, 0.2) is 5.83 Å². The molecule has 0 spiro atoms. The van der Waals surface area contributed by atoms with Gasteiger partial charge in [-0.1, -0.05) is 125 Å². The van der Waals surface area contributed by atoms with Crippen molar-refractivity contribution in [3.05, 3.63) is 42.6 Å². The summed E-state index contributed by atoms with van der Waals surface area (Å²) in [4.78, 5) is 28.1. The number of carbonyl (C=O) groups is 2. The van der Waals surface area contributed by atoms with Crippen LogP contribution in [0.1, 0.15) is 175 Å². The van der Waals surface area contributed by atoms with Crippen molar-refractivity contribution in [2.75, 3.05) is 19.5 Å². The largest absolute Gasteiger partial charge is 1.00 e. The first-order valence-electron chi connectivity index (χ1n) is 18.9. The van der Waals surface area contributed by atoms with Crippen LogP contribution in [0.2, 0.25) is 0 Å². The van der Waals surface area contributed by atoms with Crippen molar-refractivity contribution in [3.8, 4) is 36.5 Å². The minimum absolute atomic E-state index is 0. The molecule has 0 rings (SSSR count). The van der Waals surface area contributed by atoms with Gasteiger partial charge in [-0.15, -0.1) is 47.6 Å². The van der Waals surface area contributed by atoms with Gasteiger partial charge < -0.3 is 35.3 Å². The molecule has 25 heteroatoms. The number of rotatable bonds is 3. The topological polar surface area (TPSA) is 135 Å². The maximum atomic E-state index is 11.3. The molecule has 0 amide bonds. The number of alkyl halides is 1. The molecular formula is C44H92BBr2F9K2LiNa2O8. The first kappa shape index (κ1) is 164. The van der Waals surface area contributed by atoms with E-state index in [4.69, 9.17) is 26.4 Å². The van der Waals surface area contributed by atoms with Gasteiger partial charge in [-0.05, 0) is 62.3 Å². The van der Waals surface area contributed by atoms with E-state index in [1.54, 1.807) is 20.8 Å². The third-order valence-electron chi connectivity index (χ3n) is 2.04. The van der Waals surface area contributed by atoms with Crippen molar-refractivity contribution in [2.45, 2.75) is 178 Å². The Hall–Kier alpha value is 3.11. The number of aliphatic hydroxyl groups is 1. The number of aldehydes is 1. The zero-order valence-electron chi connectivity index (χ0n) is 50.7. The van der Waals surface area contributed by atoms with Gasteiger partial charge in [-0.2, -0.15) is 32.8 Å². The Kier molecular flexibility index (Phi) is 544. The second kappa shape index (κ2) is 229. The number of carbonyl (C=O) groups excluding carboxylic acids is 2. The Morgan fingerprint density at radius 1 is 0.696 bits per heavy atom. The van der Waals surface area contributed by atoms with Crippen molar-refractivity contribution in [2.24, 2.45) is 0 Å². The predicted octanol–water partition coefficient (Wildman–Crippen LogP) is 1.59. The molecule has 0 aliphatic heterocycles. The molecule has 0 unspecified atom stereocenters. The Balaban J connectivity index is -0.0000000117. The first-order valence-corrected chi connectivity index (χ1v) is 20.0. The quantitative estimate of drug-likeness (QED) is 0.0660. The molecule has 0 heterocycles. The Morgan fingerprint density at radius 2 is 0.812 bits per heavy atom.